The average Bonchev–Trinajstić information content (AvgIpc) is 3.31. The number of hydrogen-bond acceptors (Lipinski definition) is 3. The molecule has 4 rings (SSSR count). The second-order valence-corrected chi connectivity index (χ2v) is 10.4. The van der Waals surface area contributed by atoms with Crippen molar-refractivity contribution in [1.29, 1.82) is 0 Å². The van der Waals surface area contributed by atoms with E-state index in [4.69, 9.17) is 0 Å². The summed E-state index contributed by atoms with van der Waals surface area (Å²) in [6, 6.07) is 21.7. The largest absolute Gasteiger partial charge is 0.348 e. The number of nitrogens with one attached hydrogen (secondary N) is 1. The first-order chi connectivity index (χ1) is 15.9. The molecule has 0 bridgehead atoms. The van der Waals surface area contributed by atoms with Crippen molar-refractivity contribution in [2.24, 2.45) is 0 Å². The first kappa shape index (κ1) is 23.1. The van der Waals surface area contributed by atoms with Crippen molar-refractivity contribution in [3.8, 4) is 0 Å². The Bertz CT molecular complexity index is 1220. The summed E-state index contributed by atoms with van der Waals surface area (Å²) in [5.74, 6) is -0.345. The molecule has 172 valence electrons. The fourth-order valence-electron chi connectivity index (χ4n) is 4.29. The van der Waals surface area contributed by atoms with Crippen LogP contribution in [0.15, 0.2) is 77.7 Å². The highest BCUT2D eigenvalue weighted by Gasteiger charge is 2.27. The number of rotatable bonds is 8. The molecular weight excluding hydrogens is 432 g/mol. The summed E-state index contributed by atoms with van der Waals surface area (Å²) in [7, 11) is -3.90. The minimum atomic E-state index is -3.90. The number of amides is 1. The Hall–Kier alpha value is -3.12. The number of carbonyl (C=O) groups excluding carboxylic acids is 1. The zero-order valence-electron chi connectivity index (χ0n) is 19.1. The summed E-state index contributed by atoms with van der Waals surface area (Å²) < 4.78 is 28.1. The van der Waals surface area contributed by atoms with Crippen LogP contribution in [0.4, 0.5) is 5.69 Å². The normalized spacial score (nSPS) is 13.9. The molecule has 1 amide bonds. The van der Waals surface area contributed by atoms with E-state index in [2.05, 4.69) is 23.5 Å². The van der Waals surface area contributed by atoms with Gasteiger partial charge in [-0.3, -0.25) is 9.10 Å². The van der Waals surface area contributed by atoms with Gasteiger partial charge in [0.1, 0.15) is 6.54 Å². The first-order valence-electron chi connectivity index (χ1n) is 11.5. The zero-order chi connectivity index (χ0) is 23.4. The van der Waals surface area contributed by atoms with Crippen molar-refractivity contribution in [2.75, 3.05) is 10.8 Å². The molecule has 1 unspecified atom stereocenters. The van der Waals surface area contributed by atoms with Gasteiger partial charge in [0.05, 0.1) is 16.6 Å². The molecule has 33 heavy (non-hydrogen) atoms. The van der Waals surface area contributed by atoms with Gasteiger partial charge in [-0.2, -0.15) is 0 Å². The Morgan fingerprint density at radius 3 is 2.36 bits per heavy atom. The molecule has 1 atom stereocenters. The number of aryl methyl sites for hydroxylation is 3. The Morgan fingerprint density at radius 1 is 0.970 bits per heavy atom. The number of anilines is 1. The van der Waals surface area contributed by atoms with Crippen molar-refractivity contribution in [2.45, 2.75) is 50.5 Å². The van der Waals surface area contributed by atoms with Crippen LogP contribution in [0.25, 0.3) is 0 Å². The lowest BCUT2D eigenvalue weighted by Crippen LogP contribution is -2.41. The van der Waals surface area contributed by atoms with Crippen LogP contribution >= 0.6 is 0 Å². The number of carbonyl (C=O) groups is 1. The van der Waals surface area contributed by atoms with E-state index in [1.54, 1.807) is 42.5 Å². The van der Waals surface area contributed by atoms with Crippen LogP contribution in [0.5, 0.6) is 0 Å². The van der Waals surface area contributed by atoms with Crippen LogP contribution in [0, 0.1) is 0 Å². The summed E-state index contributed by atoms with van der Waals surface area (Å²) in [4.78, 5) is 13.2. The van der Waals surface area contributed by atoms with E-state index >= 15 is 0 Å². The molecule has 1 aliphatic rings. The second kappa shape index (κ2) is 9.79. The number of fused-ring (bicyclic) bond motifs is 1. The summed E-state index contributed by atoms with van der Waals surface area (Å²) in [6.45, 7) is 3.68. The summed E-state index contributed by atoms with van der Waals surface area (Å²) in [5, 5.41) is 2.99. The van der Waals surface area contributed by atoms with Crippen molar-refractivity contribution in [3.05, 3.63) is 95.1 Å². The molecule has 1 aliphatic carbocycles. The molecule has 5 nitrogen and oxygen atoms in total. The molecule has 0 aliphatic heterocycles. The van der Waals surface area contributed by atoms with E-state index in [1.165, 1.54) is 21.9 Å². The van der Waals surface area contributed by atoms with E-state index in [1.807, 2.05) is 26.0 Å². The predicted octanol–water partition coefficient (Wildman–Crippen LogP) is 4.81. The van der Waals surface area contributed by atoms with E-state index in [0.717, 1.165) is 30.4 Å². The van der Waals surface area contributed by atoms with Crippen LogP contribution in [0.2, 0.25) is 0 Å². The fourth-order valence-corrected chi connectivity index (χ4v) is 5.74. The molecule has 3 aromatic carbocycles. The summed E-state index contributed by atoms with van der Waals surface area (Å²) in [5.41, 5.74) is 5.33. The maximum absolute atomic E-state index is 13.5. The molecule has 0 saturated heterocycles. The van der Waals surface area contributed by atoms with Crippen LogP contribution in [-0.4, -0.2) is 20.9 Å². The third-order valence-electron chi connectivity index (χ3n) is 6.25. The van der Waals surface area contributed by atoms with Crippen molar-refractivity contribution in [1.82, 2.24) is 5.32 Å². The van der Waals surface area contributed by atoms with Gasteiger partial charge in [-0.25, -0.2) is 8.42 Å². The van der Waals surface area contributed by atoms with Gasteiger partial charge < -0.3 is 5.32 Å². The van der Waals surface area contributed by atoms with Gasteiger partial charge in [0.2, 0.25) is 5.91 Å². The van der Waals surface area contributed by atoms with E-state index in [9.17, 15) is 13.2 Å². The lowest BCUT2D eigenvalue weighted by atomic mass is 10.0. The highest BCUT2D eigenvalue weighted by Crippen LogP contribution is 2.26. The molecule has 3 aromatic rings. The van der Waals surface area contributed by atoms with Crippen molar-refractivity contribution >= 4 is 21.6 Å². The molecule has 0 heterocycles. The zero-order valence-corrected chi connectivity index (χ0v) is 19.9. The Labute approximate surface area is 196 Å². The Kier molecular flexibility index (Phi) is 6.84. The highest BCUT2D eigenvalue weighted by atomic mass is 32.2. The van der Waals surface area contributed by atoms with Gasteiger partial charge in [-0.15, -0.1) is 0 Å². The lowest BCUT2D eigenvalue weighted by Gasteiger charge is -2.25. The van der Waals surface area contributed by atoms with E-state index in [0.29, 0.717) is 5.69 Å². The van der Waals surface area contributed by atoms with Crippen molar-refractivity contribution in [3.63, 3.8) is 0 Å². The molecule has 0 aromatic heterocycles. The number of sulfonamides is 1. The van der Waals surface area contributed by atoms with Gasteiger partial charge in [0.25, 0.3) is 10.0 Å². The van der Waals surface area contributed by atoms with Gasteiger partial charge in [-0.05, 0) is 79.1 Å². The van der Waals surface area contributed by atoms with Gasteiger partial charge in [0.15, 0.2) is 0 Å². The maximum Gasteiger partial charge on any atom is 0.264 e. The SMILES string of the molecule is CCc1ccc(N(CC(=O)NC(C)c2ccc3c(c2)CCC3)S(=O)(=O)c2ccccc2)cc1. The quantitative estimate of drug-likeness (QED) is 0.522. The lowest BCUT2D eigenvalue weighted by molar-refractivity contribution is -0.120. The van der Waals surface area contributed by atoms with Crippen LogP contribution in [0.1, 0.15) is 48.6 Å². The fraction of sp³-hybridized carbons (Fsp3) is 0.296. The predicted molar refractivity (Wildman–Crippen MR) is 132 cm³/mol. The monoisotopic (exact) mass is 462 g/mol. The third kappa shape index (κ3) is 5.11. The van der Waals surface area contributed by atoms with Gasteiger partial charge >= 0.3 is 0 Å². The van der Waals surface area contributed by atoms with E-state index in [-0.39, 0.29) is 23.4 Å². The van der Waals surface area contributed by atoms with Gasteiger partial charge in [-0.1, -0.05) is 55.5 Å². The number of nitrogens with zero attached hydrogens (tertiary/aromatic N) is 1. The maximum atomic E-state index is 13.5. The molecule has 6 heteroatoms. The number of benzene rings is 3. The van der Waals surface area contributed by atoms with Crippen LogP contribution < -0.4 is 9.62 Å². The highest BCUT2D eigenvalue weighted by molar-refractivity contribution is 7.92. The van der Waals surface area contributed by atoms with E-state index < -0.39 is 10.0 Å². The van der Waals surface area contributed by atoms with Crippen molar-refractivity contribution < 1.29 is 13.2 Å². The second-order valence-electron chi connectivity index (χ2n) is 8.52. The van der Waals surface area contributed by atoms with Crippen LogP contribution in [0.3, 0.4) is 0 Å². The summed E-state index contributed by atoms with van der Waals surface area (Å²) >= 11 is 0. The Morgan fingerprint density at radius 2 is 1.67 bits per heavy atom. The van der Waals surface area contributed by atoms with Crippen LogP contribution in [-0.2, 0) is 34.1 Å². The Balaban J connectivity index is 1.57. The smallest absolute Gasteiger partial charge is 0.264 e. The number of hydrogen-bond donors (Lipinski definition) is 1. The summed E-state index contributed by atoms with van der Waals surface area (Å²) in [6.07, 6.45) is 4.20. The van der Waals surface area contributed by atoms with Gasteiger partial charge in [0, 0.05) is 0 Å². The minimum absolute atomic E-state index is 0.157. The standard InChI is InChI=1S/C27H30N2O3S/c1-3-21-12-16-25(17-13-21)29(33(31,32)26-10-5-4-6-11-26)19-27(30)28-20(2)23-15-14-22-8-7-9-24(22)18-23/h4-6,10-18,20H,3,7-9,19H2,1-2H3,(H,28,30). The average molecular weight is 463 g/mol. The molecular formula is C27H30N2O3S. The molecule has 1 N–H and O–H groups in total. The topological polar surface area (TPSA) is 66.5 Å². The molecule has 0 saturated carbocycles. The minimum Gasteiger partial charge on any atom is -0.348 e. The molecule has 0 fully saturated rings. The molecule has 0 spiro atoms. The third-order valence-corrected chi connectivity index (χ3v) is 8.04. The molecule has 0 radical (unpaired) electrons. The first-order valence-corrected chi connectivity index (χ1v) is 12.9.